The van der Waals surface area contributed by atoms with E-state index in [4.69, 9.17) is 9.47 Å². The molecule has 1 aromatic carbocycles. The number of hydrogen-bond acceptors (Lipinski definition) is 3. The zero-order valence-corrected chi connectivity index (χ0v) is 13.0. The van der Waals surface area contributed by atoms with E-state index >= 15 is 0 Å². The van der Waals surface area contributed by atoms with Crippen LogP contribution in [0.5, 0.6) is 5.75 Å². The molecule has 0 aliphatic rings. The van der Waals surface area contributed by atoms with E-state index in [1.165, 1.54) is 5.56 Å². The Balaban J connectivity index is 2.60. The van der Waals surface area contributed by atoms with Gasteiger partial charge in [-0.05, 0) is 51.8 Å². The largest absolute Gasteiger partial charge is 0.497 e. The van der Waals surface area contributed by atoms with E-state index in [-0.39, 0.29) is 11.6 Å². The summed E-state index contributed by atoms with van der Waals surface area (Å²) in [5, 5.41) is 3.60. The van der Waals surface area contributed by atoms with Crippen LogP contribution in [0.3, 0.4) is 0 Å². The molecule has 3 heteroatoms. The molecule has 0 spiro atoms. The van der Waals surface area contributed by atoms with Crippen molar-refractivity contribution in [1.29, 1.82) is 0 Å². The van der Waals surface area contributed by atoms with E-state index in [2.05, 4.69) is 45.1 Å². The number of rotatable bonds is 7. The summed E-state index contributed by atoms with van der Waals surface area (Å²) < 4.78 is 10.7. The molecule has 108 valence electrons. The van der Waals surface area contributed by atoms with Crippen molar-refractivity contribution in [2.45, 2.75) is 51.8 Å². The quantitative estimate of drug-likeness (QED) is 0.818. The number of methoxy groups -OCH3 is 2. The molecule has 0 aromatic heterocycles. The molecule has 19 heavy (non-hydrogen) atoms. The predicted molar refractivity (Wildman–Crippen MR) is 79.7 cm³/mol. The summed E-state index contributed by atoms with van der Waals surface area (Å²) >= 11 is 0. The fraction of sp³-hybridized carbons (Fsp3) is 0.625. The second kappa shape index (κ2) is 6.92. The van der Waals surface area contributed by atoms with Crippen LogP contribution in [0.4, 0.5) is 0 Å². The fourth-order valence-electron chi connectivity index (χ4n) is 2.31. The molecule has 0 heterocycles. The molecule has 0 fully saturated rings. The molecule has 2 atom stereocenters. The van der Waals surface area contributed by atoms with Gasteiger partial charge in [-0.15, -0.1) is 0 Å². The van der Waals surface area contributed by atoms with E-state index in [0.29, 0.717) is 6.04 Å². The van der Waals surface area contributed by atoms with Crippen LogP contribution in [-0.4, -0.2) is 25.9 Å². The predicted octanol–water partition coefficient (Wildman–Crippen LogP) is 3.55. The summed E-state index contributed by atoms with van der Waals surface area (Å²) in [4.78, 5) is 0. The second-order valence-corrected chi connectivity index (χ2v) is 5.73. The van der Waals surface area contributed by atoms with Gasteiger partial charge in [-0.1, -0.05) is 12.1 Å². The van der Waals surface area contributed by atoms with Gasteiger partial charge in [-0.3, -0.25) is 0 Å². The molecule has 3 nitrogen and oxygen atoms in total. The second-order valence-electron chi connectivity index (χ2n) is 5.73. The molecule has 0 amide bonds. The van der Waals surface area contributed by atoms with Gasteiger partial charge in [0, 0.05) is 19.2 Å². The smallest absolute Gasteiger partial charge is 0.119 e. The van der Waals surface area contributed by atoms with Gasteiger partial charge in [0.05, 0.1) is 12.7 Å². The lowest BCUT2D eigenvalue weighted by atomic mass is 9.98. The maximum absolute atomic E-state index is 5.47. The monoisotopic (exact) mass is 265 g/mol. The number of ether oxygens (including phenoxy) is 2. The Kier molecular flexibility index (Phi) is 5.83. The number of benzene rings is 1. The highest BCUT2D eigenvalue weighted by molar-refractivity contribution is 5.30. The van der Waals surface area contributed by atoms with Gasteiger partial charge < -0.3 is 14.8 Å². The summed E-state index contributed by atoms with van der Waals surface area (Å²) in [7, 11) is 3.46. The molecule has 1 unspecified atom stereocenters. The van der Waals surface area contributed by atoms with Gasteiger partial charge in [0.15, 0.2) is 0 Å². The summed E-state index contributed by atoms with van der Waals surface area (Å²) in [5.41, 5.74) is 1.14. The molecule has 0 saturated heterocycles. The Morgan fingerprint density at radius 1 is 1.21 bits per heavy atom. The first kappa shape index (κ1) is 16.0. The topological polar surface area (TPSA) is 30.5 Å². The summed E-state index contributed by atoms with van der Waals surface area (Å²) in [6.07, 6.45) is 0.970. The third-order valence-electron chi connectivity index (χ3n) is 3.48. The van der Waals surface area contributed by atoms with Gasteiger partial charge in [-0.25, -0.2) is 0 Å². The fourth-order valence-corrected chi connectivity index (χ4v) is 2.31. The van der Waals surface area contributed by atoms with E-state index in [0.717, 1.165) is 12.2 Å². The van der Waals surface area contributed by atoms with Crippen molar-refractivity contribution in [2.24, 2.45) is 0 Å². The van der Waals surface area contributed by atoms with Crippen molar-refractivity contribution in [3.05, 3.63) is 29.8 Å². The molecule has 0 aliphatic carbocycles. The van der Waals surface area contributed by atoms with E-state index < -0.39 is 0 Å². The third kappa shape index (κ3) is 5.21. The van der Waals surface area contributed by atoms with Gasteiger partial charge in [0.2, 0.25) is 0 Å². The Morgan fingerprint density at radius 2 is 1.89 bits per heavy atom. The Morgan fingerprint density at radius 3 is 2.47 bits per heavy atom. The van der Waals surface area contributed by atoms with Gasteiger partial charge in [0.1, 0.15) is 5.75 Å². The van der Waals surface area contributed by atoms with Crippen LogP contribution >= 0.6 is 0 Å². The Hall–Kier alpha value is -1.06. The van der Waals surface area contributed by atoms with Crippen LogP contribution in [0.1, 0.15) is 45.7 Å². The van der Waals surface area contributed by atoms with Crippen molar-refractivity contribution in [1.82, 2.24) is 5.32 Å². The average Bonchev–Trinajstić information content (AvgIpc) is 2.38. The Bertz CT molecular complexity index is 390. The first-order valence-electron chi connectivity index (χ1n) is 6.83. The van der Waals surface area contributed by atoms with Crippen molar-refractivity contribution in [2.75, 3.05) is 14.2 Å². The van der Waals surface area contributed by atoms with Crippen LogP contribution in [0.2, 0.25) is 0 Å². The van der Waals surface area contributed by atoms with Crippen molar-refractivity contribution in [3.63, 3.8) is 0 Å². The lowest BCUT2D eigenvalue weighted by Gasteiger charge is -2.29. The maximum atomic E-state index is 5.47. The molecule has 1 rings (SSSR count). The standard InChI is InChI=1S/C16H27NO2/c1-12(11-16(3,4)19-6)17-13(2)14-8-7-9-15(10-14)18-5/h7-10,12-13,17H,11H2,1-6H3/t12?,13-/m0/s1. The van der Waals surface area contributed by atoms with E-state index in [1.54, 1.807) is 14.2 Å². The molecule has 1 N–H and O–H groups in total. The molecular formula is C16H27NO2. The van der Waals surface area contributed by atoms with Crippen LogP contribution in [0, 0.1) is 0 Å². The van der Waals surface area contributed by atoms with E-state index in [9.17, 15) is 0 Å². The first-order chi connectivity index (χ1) is 8.88. The minimum atomic E-state index is -0.0967. The highest BCUT2D eigenvalue weighted by Gasteiger charge is 2.21. The Labute approximate surface area is 117 Å². The van der Waals surface area contributed by atoms with Crippen molar-refractivity contribution >= 4 is 0 Å². The van der Waals surface area contributed by atoms with Gasteiger partial charge in [0.25, 0.3) is 0 Å². The van der Waals surface area contributed by atoms with Crippen LogP contribution in [0.15, 0.2) is 24.3 Å². The first-order valence-corrected chi connectivity index (χ1v) is 6.83. The number of hydrogen-bond donors (Lipinski definition) is 1. The number of nitrogens with one attached hydrogen (secondary N) is 1. The van der Waals surface area contributed by atoms with Crippen LogP contribution in [-0.2, 0) is 4.74 Å². The normalized spacial score (nSPS) is 15.1. The third-order valence-corrected chi connectivity index (χ3v) is 3.48. The molecule has 0 saturated carbocycles. The van der Waals surface area contributed by atoms with Crippen LogP contribution in [0.25, 0.3) is 0 Å². The van der Waals surface area contributed by atoms with Crippen molar-refractivity contribution in [3.8, 4) is 5.75 Å². The van der Waals surface area contributed by atoms with E-state index in [1.807, 2.05) is 12.1 Å². The maximum Gasteiger partial charge on any atom is 0.119 e. The zero-order valence-electron chi connectivity index (χ0n) is 13.0. The van der Waals surface area contributed by atoms with Crippen LogP contribution < -0.4 is 10.1 Å². The minimum absolute atomic E-state index is 0.0967. The zero-order chi connectivity index (χ0) is 14.5. The molecule has 0 aliphatic heterocycles. The lowest BCUT2D eigenvalue weighted by molar-refractivity contribution is 0.00782. The lowest BCUT2D eigenvalue weighted by Crippen LogP contribution is -2.36. The van der Waals surface area contributed by atoms with Gasteiger partial charge in [-0.2, -0.15) is 0 Å². The molecule has 1 aromatic rings. The van der Waals surface area contributed by atoms with Gasteiger partial charge >= 0.3 is 0 Å². The average molecular weight is 265 g/mol. The highest BCUT2D eigenvalue weighted by Crippen LogP contribution is 2.21. The highest BCUT2D eigenvalue weighted by atomic mass is 16.5. The molecule has 0 radical (unpaired) electrons. The summed E-state index contributed by atoms with van der Waals surface area (Å²) in [6, 6.07) is 8.86. The SMILES string of the molecule is COc1cccc([C@H](C)NC(C)CC(C)(C)OC)c1. The minimum Gasteiger partial charge on any atom is -0.497 e. The molecular weight excluding hydrogens is 238 g/mol. The van der Waals surface area contributed by atoms with Crippen molar-refractivity contribution < 1.29 is 9.47 Å². The molecule has 0 bridgehead atoms. The summed E-state index contributed by atoms with van der Waals surface area (Å²) in [5.74, 6) is 0.899. The summed E-state index contributed by atoms with van der Waals surface area (Å²) in [6.45, 7) is 8.59.